The first-order chi connectivity index (χ1) is 15.6. The fourth-order valence-electron chi connectivity index (χ4n) is 3.53. The Labute approximate surface area is 195 Å². The number of methoxy groups -OCH3 is 2. The zero-order chi connectivity index (χ0) is 24.2. The number of hydrogen-bond donors (Lipinski definition) is 1. The van der Waals surface area contributed by atoms with Gasteiger partial charge in [0, 0.05) is 11.8 Å². The molecule has 0 saturated heterocycles. The Morgan fingerprint density at radius 3 is 2.15 bits per heavy atom. The lowest BCUT2D eigenvalue weighted by atomic mass is 10.1. The summed E-state index contributed by atoms with van der Waals surface area (Å²) in [5.41, 5.74) is 3.73. The maximum atomic E-state index is 13.4. The van der Waals surface area contributed by atoms with Crippen LogP contribution in [0.15, 0.2) is 60.7 Å². The molecule has 0 saturated carbocycles. The fourth-order valence-corrected chi connectivity index (χ4v) is 4.42. The first kappa shape index (κ1) is 24.1. The van der Waals surface area contributed by atoms with Crippen LogP contribution in [-0.4, -0.2) is 34.8 Å². The summed E-state index contributed by atoms with van der Waals surface area (Å²) in [6, 6.07) is 17.9. The lowest BCUT2D eigenvalue weighted by Crippen LogP contribution is -2.31. The molecule has 1 amide bonds. The third kappa shape index (κ3) is 5.64. The van der Waals surface area contributed by atoms with E-state index in [2.05, 4.69) is 5.32 Å². The van der Waals surface area contributed by atoms with E-state index in [1.807, 2.05) is 62.4 Å². The zero-order valence-corrected chi connectivity index (χ0v) is 20.2. The summed E-state index contributed by atoms with van der Waals surface area (Å²) < 4.78 is 37.6. The minimum atomic E-state index is -3.75. The Balaban J connectivity index is 2.14. The molecule has 0 aliphatic rings. The van der Waals surface area contributed by atoms with Gasteiger partial charge in [0.05, 0.1) is 38.3 Å². The minimum Gasteiger partial charge on any atom is -0.493 e. The maximum absolute atomic E-state index is 13.4. The fraction of sp³-hybridized carbons (Fsp3) is 0.240. The van der Waals surface area contributed by atoms with Crippen LogP contribution in [-0.2, 0) is 16.6 Å². The molecule has 0 heterocycles. The van der Waals surface area contributed by atoms with E-state index in [0.29, 0.717) is 17.2 Å². The molecule has 0 radical (unpaired) electrons. The van der Waals surface area contributed by atoms with Crippen molar-refractivity contribution in [3.8, 4) is 11.5 Å². The van der Waals surface area contributed by atoms with Crippen LogP contribution in [0, 0.1) is 13.8 Å². The molecule has 0 spiro atoms. The normalized spacial score (nSPS) is 11.1. The van der Waals surface area contributed by atoms with E-state index in [-0.39, 0.29) is 17.8 Å². The van der Waals surface area contributed by atoms with Gasteiger partial charge in [0.2, 0.25) is 10.0 Å². The Morgan fingerprint density at radius 2 is 1.58 bits per heavy atom. The molecular weight excluding hydrogens is 440 g/mol. The highest BCUT2D eigenvalue weighted by Gasteiger charge is 2.27. The van der Waals surface area contributed by atoms with E-state index >= 15 is 0 Å². The number of ether oxygens (including phenoxy) is 2. The summed E-state index contributed by atoms with van der Waals surface area (Å²) in [5, 5.41) is 2.90. The van der Waals surface area contributed by atoms with Gasteiger partial charge in [-0.25, -0.2) is 8.42 Å². The SMILES string of the molecule is COc1cc(C(=O)Nc2ccc(C)cc2C)c(N(Cc2ccccc2)S(C)(=O)=O)cc1OC. The van der Waals surface area contributed by atoms with Gasteiger partial charge in [-0.3, -0.25) is 9.10 Å². The predicted octanol–water partition coefficient (Wildman–Crippen LogP) is 4.54. The molecule has 0 aromatic heterocycles. The summed E-state index contributed by atoms with van der Waals surface area (Å²) in [4.78, 5) is 13.4. The standard InChI is InChI=1S/C25H28N2O5S/c1-17-11-12-21(18(2)13-17)26-25(28)20-14-23(31-3)24(32-4)15-22(20)27(33(5,29)30)16-19-9-7-6-8-10-19/h6-15H,16H2,1-5H3,(H,26,28). The molecule has 1 N–H and O–H groups in total. The number of aryl methyl sites for hydroxylation is 2. The van der Waals surface area contributed by atoms with Gasteiger partial charge in [-0.15, -0.1) is 0 Å². The second-order valence-corrected chi connectivity index (χ2v) is 9.66. The van der Waals surface area contributed by atoms with E-state index in [9.17, 15) is 13.2 Å². The number of benzene rings is 3. The van der Waals surface area contributed by atoms with Crippen LogP contribution in [0.2, 0.25) is 0 Å². The number of carbonyl (C=O) groups is 1. The first-order valence-corrected chi connectivity index (χ1v) is 12.1. The minimum absolute atomic E-state index is 0.0546. The van der Waals surface area contributed by atoms with Gasteiger partial charge in [-0.05, 0) is 37.1 Å². The smallest absolute Gasteiger partial charge is 0.257 e. The Kier molecular flexibility index (Phi) is 7.28. The van der Waals surface area contributed by atoms with Crippen molar-refractivity contribution in [3.63, 3.8) is 0 Å². The zero-order valence-electron chi connectivity index (χ0n) is 19.4. The van der Waals surface area contributed by atoms with E-state index < -0.39 is 15.9 Å². The predicted molar refractivity (Wildman–Crippen MR) is 131 cm³/mol. The van der Waals surface area contributed by atoms with Crippen LogP contribution >= 0.6 is 0 Å². The molecule has 3 aromatic carbocycles. The monoisotopic (exact) mass is 468 g/mol. The second-order valence-electron chi connectivity index (χ2n) is 7.75. The third-order valence-corrected chi connectivity index (χ3v) is 6.34. The highest BCUT2D eigenvalue weighted by atomic mass is 32.2. The van der Waals surface area contributed by atoms with Crippen molar-refractivity contribution >= 4 is 27.3 Å². The van der Waals surface area contributed by atoms with Crippen LogP contribution in [0.3, 0.4) is 0 Å². The number of nitrogens with zero attached hydrogens (tertiary/aromatic N) is 1. The third-order valence-electron chi connectivity index (χ3n) is 5.21. The number of anilines is 2. The summed E-state index contributed by atoms with van der Waals surface area (Å²) in [6.07, 6.45) is 1.11. The number of rotatable bonds is 8. The van der Waals surface area contributed by atoms with Crippen LogP contribution < -0.4 is 19.1 Å². The van der Waals surface area contributed by atoms with E-state index in [1.165, 1.54) is 30.7 Å². The Morgan fingerprint density at radius 1 is 0.939 bits per heavy atom. The van der Waals surface area contributed by atoms with Crippen LogP contribution in [0.5, 0.6) is 11.5 Å². The van der Waals surface area contributed by atoms with Gasteiger partial charge in [-0.2, -0.15) is 0 Å². The van der Waals surface area contributed by atoms with Gasteiger partial charge in [0.1, 0.15) is 0 Å². The van der Waals surface area contributed by atoms with E-state index in [4.69, 9.17) is 9.47 Å². The first-order valence-electron chi connectivity index (χ1n) is 10.3. The summed E-state index contributed by atoms with van der Waals surface area (Å²) in [5.74, 6) is 0.178. The second kappa shape index (κ2) is 9.95. The van der Waals surface area contributed by atoms with Gasteiger partial charge in [-0.1, -0.05) is 48.0 Å². The van der Waals surface area contributed by atoms with Gasteiger partial charge < -0.3 is 14.8 Å². The lowest BCUT2D eigenvalue weighted by Gasteiger charge is -2.26. The maximum Gasteiger partial charge on any atom is 0.257 e. The van der Waals surface area contributed by atoms with Crippen LogP contribution in [0.25, 0.3) is 0 Å². The topological polar surface area (TPSA) is 84.9 Å². The largest absolute Gasteiger partial charge is 0.493 e. The van der Waals surface area contributed by atoms with Crippen LogP contribution in [0.1, 0.15) is 27.0 Å². The van der Waals surface area contributed by atoms with Crippen molar-refractivity contribution < 1.29 is 22.7 Å². The molecule has 3 rings (SSSR count). The van der Waals surface area contributed by atoms with Crippen molar-refractivity contribution in [2.45, 2.75) is 20.4 Å². The van der Waals surface area contributed by atoms with Gasteiger partial charge >= 0.3 is 0 Å². The number of carbonyl (C=O) groups excluding carboxylic acids is 1. The highest BCUT2D eigenvalue weighted by Crippen LogP contribution is 2.37. The molecule has 0 aliphatic carbocycles. The van der Waals surface area contributed by atoms with Crippen molar-refractivity contribution in [3.05, 3.63) is 82.9 Å². The molecule has 8 heteroatoms. The average Bonchev–Trinajstić information content (AvgIpc) is 2.78. The summed E-state index contributed by atoms with van der Waals surface area (Å²) in [6.45, 7) is 3.92. The van der Waals surface area contributed by atoms with Crippen molar-refractivity contribution in [1.82, 2.24) is 0 Å². The van der Waals surface area contributed by atoms with Crippen molar-refractivity contribution in [1.29, 1.82) is 0 Å². The number of hydrogen-bond acceptors (Lipinski definition) is 5. The quantitative estimate of drug-likeness (QED) is 0.525. The average molecular weight is 469 g/mol. The van der Waals surface area contributed by atoms with Gasteiger partial charge in [0.25, 0.3) is 5.91 Å². The molecule has 0 aliphatic heterocycles. The molecule has 3 aromatic rings. The summed E-state index contributed by atoms with van der Waals surface area (Å²) >= 11 is 0. The molecule has 33 heavy (non-hydrogen) atoms. The summed E-state index contributed by atoms with van der Waals surface area (Å²) in [7, 11) is -0.829. The van der Waals surface area contributed by atoms with Crippen molar-refractivity contribution in [2.75, 3.05) is 30.1 Å². The molecule has 0 fully saturated rings. The lowest BCUT2D eigenvalue weighted by molar-refractivity contribution is 0.102. The van der Waals surface area contributed by atoms with E-state index in [0.717, 1.165) is 22.9 Å². The van der Waals surface area contributed by atoms with E-state index in [1.54, 1.807) is 0 Å². The Bertz CT molecular complexity index is 1260. The molecule has 7 nitrogen and oxygen atoms in total. The highest BCUT2D eigenvalue weighted by molar-refractivity contribution is 7.92. The van der Waals surface area contributed by atoms with Crippen molar-refractivity contribution in [2.24, 2.45) is 0 Å². The molecule has 174 valence electrons. The Hall–Kier alpha value is -3.52. The number of amides is 1. The molecule has 0 unspecified atom stereocenters. The van der Waals surface area contributed by atoms with Gasteiger partial charge in [0.15, 0.2) is 11.5 Å². The molecular formula is C25H28N2O5S. The molecule has 0 bridgehead atoms. The number of sulfonamides is 1. The molecule has 0 atom stereocenters. The number of nitrogens with one attached hydrogen (secondary N) is 1. The van der Waals surface area contributed by atoms with Crippen LogP contribution in [0.4, 0.5) is 11.4 Å².